The summed E-state index contributed by atoms with van der Waals surface area (Å²) in [6.45, 7) is 5.73. The lowest BCUT2D eigenvalue weighted by molar-refractivity contribution is -0.385. The van der Waals surface area contributed by atoms with Crippen LogP contribution in [0.25, 0.3) is 0 Å². The summed E-state index contributed by atoms with van der Waals surface area (Å²) in [4.78, 5) is 13.1. The number of aryl methyl sites for hydroxylation is 3. The van der Waals surface area contributed by atoms with Gasteiger partial charge in [-0.3, -0.25) is 19.7 Å². The number of thiol groups is 1. The molecule has 0 radical (unpaired) electrons. The van der Waals surface area contributed by atoms with E-state index in [2.05, 4.69) is 17.5 Å². The smallest absolute Gasteiger partial charge is 0.270 e. The lowest BCUT2D eigenvalue weighted by Crippen LogP contribution is -2.36. The summed E-state index contributed by atoms with van der Waals surface area (Å²) in [5.41, 5.74) is 3.85. The fourth-order valence-corrected chi connectivity index (χ4v) is 3.29. The summed E-state index contributed by atoms with van der Waals surface area (Å²) >= 11 is 1.96. The molecule has 0 saturated carbocycles. The summed E-state index contributed by atoms with van der Waals surface area (Å²) in [5, 5.41) is 12.3. The first-order valence-corrected chi connectivity index (χ1v) is 8.48. The molecular formula is C15H17N3O4S2. The van der Waals surface area contributed by atoms with E-state index < -0.39 is 16.2 Å². The van der Waals surface area contributed by atoms with E-state index in [0.29, 0.717) is 16.3 Å². The quantitative estimate of drug-likeness (QED) is 0.325. The van der Waals surface area contributed by atoms with Crippen LogP contribution in [-0.4, -0.2) is 13.7 Å². The zero-order valence-corrected chi connectivity index (χ0v) is 15.0. The van der Waals surface area contributed by atoms with Crippen molar-refractivity contribution in [2.75, 3.05) is 5.01 Å². The number of non-ortho nitro benzene ring substituents is 1. The van der Waals surface area contributed by atoms with E-state index in [1.165, 1.54) is 23.2 Å². The van der Waals surface area contributed by atoms with E-state index >= 15 is 0 Å². The van der Waals surface area contributed by atoms with Crippen molar-refractivity contribution >= 4 is 41.0 Å². The van der Waals surface area contributed by atoms with Gasteiger partial charge in [0.1, 0.15) is 0 Å². The van der Waals surface area contributed by atoms with Crippen LogP contribution in [-0.2, 0) is 11.3 Å². The minimum atomic E-state index is -2.33. The van der Waals surface area contributed by atoms with E-state index in [9.17, 15) is 18.9 Å². The minimum absolute atomic E-state index is 0.105. The summed E-state index contributed by atoms with van der Waals surface area (Å²) < 4.78 is 20.7. The van der Waals surface area contributed by atoms with Gasteiger partial charge in [-0.2, -0.15) is 0 Å². The third kappa shape index (κ3) is 3.93. The zero-order chi connectivity index (χ0) is 18.0. The van der Waals surface area contributed by atoms with E-state index in [-0.39, 0.29) is 5.69 Å². The summed E-state index contributed by atoms with van der Waals surface area (Å²) in [6.07, 6.45) is 0. The molecule has 0 fully saturated rings. The number of rotatable bonds is 5. The molecule has 0 saturated heterocycles. The van der Waals surface area contributed by atoms with Gasteiger partial charge in [0.25, 0.3) is 17.0 Å². The standard InChI is InChI=1S/C15H17N3O4S2/c1-9-6-10(2)15(11(3)7-9)17(16-24(21)22)13-5-4-12(18(19)20)8-14(13)23/h4-8,16,23H,1-3H3,(H,21,22). The van der Waals surface area contributed by atoms with Crippen molar-refractivity contribution in [3.05, 3.63) is 57.1 Å². The maximum Gasteiger partial charge on any atom is 0.270 e. The second-order valence-electron chi connectivity index (χ2n) is 5.35. The first-order chi connectivity index (χ1) is 11.2. The van der Waals surface area contributed by atoms with E-state index in [4.69, 9.17) is 0 Å². The van der Waals surface area contributed by atoms with E-state index in [1.54, 1.807) is 0 Å². The van der Waals surface area contributed by atoms with Crippen LogP contribution >= 0.6 is 12.6 Å². The van der Waals surface area contributed by atoms with Gasteiger partial charge in [-0.15, -0.1) is 17.5 Å². The van der Waals surface area contributed by atoms with Crippen molar-refractivity contribution in [3.63, 3.8) is 0 Å². The number of nitro groups is 1. The summed E-state index contributed by atoms with van der Waals surface area (Å²) in [5.74, 6) is 0. The Bertz CT molecular complexity index is 803. The normalized spacial score (nSPS) is 12.0. The molecule has 2 N–H and O–H groups in total. The Labute approximate surface area is 147 Å². The van der Waals surface area contributed by atoms with Gasteiger partial charge in [0.2, 0.25) is 0 Å². The highest BCUT2D eigenvalue weighted by Crippen LogP contribution is 2.36. The van der Waals surface area contributed by atoms with Crippen LogP contribution in [0.15, 0.2) is 35.2 Å². The Kier molecular flexibility index (Phi) is 5.60. The number of nitrogens with zero attached hydrogens (tertiary/aromatic N) is 2. The van der Waals surface area contributed by atoms with Gasteiger partial charge in [-0.05, 0) is 38.0 Å². The number of hydrogen-bond donors (Lipinski definition) is 3. The maximum absolute atomic E-state index is 11.4. The van der Waals surface area contributed by atoms with Crippen molar-refractivity contribution in [2.24, 2.45) is 0 Å². The number of benzene rings is 2. The maximum atomic E-state index is 11.4. The van der Waals surface area contributed by atoms with Crippen LogP contribution in [0.1, 0.15) is 16.7 Å². The second kappa shape index (κ2) is 7.31. The highest BCUT2D eigenvalue weighted by atomic mass is 32.2. The Morgan fingerprint density at radius 2 is 1.79 bits per heavy atom. The van der Waals surface area contributed by atoms with Gasteiger partial charge in [0.15, 0.2) is 0 Å². The van der Waals surface area contributed by atoms with E-state index in [1.807, 2.05) is 32.9 Å². The Hall–Kier alpha value is -1.94. The van der Waals surface area contributed by atoms with Crippen molar-refractivity contribution in [3.8, 4) is 0 Å². The van der Waals surface area contributed by atoms with Crippen LogP contribution in [0.2, 0.25) is 0 Å². The van der Waals surface area contributed by atoms with Gasteiger partial charge >= 0.3 is 0 Å². The molecule has 0 aliphatic carbocycles. The Morgan fingerprint density at radius 3 is 2.25 bits per heavy atom. The van der Waals surface area contributed by atoms with Crippen LogP contribution in [0.4, 0.5) is 17.1 Å². The van der Waals surface area contributed by atoms with Crippen LogP contribution < -0.4 is 9.84 Å². The highest BCUT2D eigenvalue weighted by molar-refractivity contribution is 7.80. The number of anilines is 2. The Balaban J connectivity index is 2.63. The molecule has 0 amide bonds. The number of nitro benzene ring substituents is 1. The first kappa shape index (κ1) is 18.4. The monoisotopic (exact) mass is 367 g/mol. The molecule has 128 valence electrons. The zero-order valence-electron chi connectivity index (χ0n) is 13.3. The number of hydrogen-bond acceptors (Lipinski definition) is 5. The molecular weight excluding hydrogens is 350 g/mol. The van der Waals surface area contributed by atoms with Crippen LogP contribution in [0.5, 0.6) is 0 Å². The fourth-order valence-electron chi connectivity index (χ4n) is 2.63. The van der Waals surface area contributed by atoms with Crippen molar-refractivity contribution < 1.29 is 13.7 Å². The van der Waals surface area contributed by atoms with E-state index in [0.717, 1.165) is 16.7 Å². The molecule has 1 unspecified atom stereocenters. The average molecular weight is 367 g/mol. The van der Waals surface area contributed by atoms with Crippen molar-refractivity contribution in [1.82, 2.24) is 4.83 Å². The first-order valence-electron chi connectivity index (χ1n) is 6.93. The largest absolute Gasteiger partial charge is 0.293 e. The molecule has 0 aromatic heterocycles. The van der Waals surface area contributed by atoms with Gasteiger partial charge in [-0.25, -0.2) is 4.21 Å². The molecule has 2 aromatic carbocycles. The van der Waals surface area contributed by atoms with Crippen molar-refractivity contribution in [1.29, 1.82) is 0 Å². The SMILES string of the molecule is Cc1cc(C)c(N(NS(=O)O)c2ccc([N+](=O)[O-])cc2S)c(C)c1. The van der Waals surface area contributed by atoms with Crippen LogP contribution in [0.3, 0.4) is 0 Å². The third-order valence-electron chi connectivity index (χ3n) is 3.44. The van der Waals surface area contributed by atoms with Gasteiger partial charge in [0, 0.05) is 17.0 Å². The number of hydrazine groups is 1. The second-order valence-corrected chi connectivity index (χ2v) is 6.52. The molecule has 24 heavy (non-hydrogen) atoms. The Morgan fingerprint density at radius 1 is 1.21 bits per heavy atom. The topological polar surface area (TPSA) is 95.7 Å². The highest BCUT2D eigenvalue weighted by Gasteiger charge is 2.20. The fraction of sp³-hybridized carbons (Fsp3) is 0.200. The lowest BCUT2D eigenvalue weighted by atomic mass is 10.0. The molecule has 0 aliphatic heterocycles. The van der Waals surface area contributed by atoms with Gasteiger partial charge in [-0.1, -0.05) is 17.7 Å². The van der Waals surface area contributed by atoms with Gasteiger partial charge in [0.05, 0.1) is 16.3 Å². The summed E-state index contributed by atoms with van der Waals surface area (Å²) in [7, 11) is 0. The third-order valence-corrected chi connectivity index (χ3v) is 4.14. The lowest BCUT2D eigenvalue weighted by Gasteiger charge is -2.28. The predicted molar refractivity (Wildman–Crippen MR) is 97.0 cm³/mol. The molecule has 0 spiro atoms. The average Bonchev–Trinajstić information content (AvgIpc) is 2.44. The molecule has 0 heterocycles. The predicted octanol–water partition coefficient (Wildman–Crippen LogP) is 3.59. The molecule has 9 heteroatoms. The molecule has 2 rings (SSSR count). The van der Waals surface area contributed by atoms with Gasteiger partial charge < -0.3 is 0 Å². The molecule has 2 aromatic rings. The molecule has 0 aliphatic rings. The summed E-state index contributed by atoms with van der Waals surface area (Å²) in [6, 6.07) is 8.00. The molecule has 7 nitrogen and oxygen atoms in total. The minimum Gasteiger partial charge on any atom is -0.293 e. The molecule has 0 bridgehead atoms. The van der Waals surface area contributed by atoms with Crippen molar-refractivity contribution in [2.45, 2.75) is 25.7 Å². The molecule has 1 atom stereocenters. The van der Waals surface area contributed by atoms with Crippen LogP contribution in [0, 0.1) is 30.9 Å². The number of nitrogens with one attached hydrogen (secondary N) is 1.